The topological polar surface area (TPSA) is 108 Å². The lowest BCUT2D eigenvalue weighted by Crippen LogP contribution is -2.61. The maximum absolute atomic E-state index is 13.9. The van der Waals surface area contributed by atoms with Crippen LogP contribution in [0.4, 0.5) is 0 Å². The molecule has 7 atom stereocenters. The van der Waals surface area contributed by atoms with Crippen LogP contribution < -0.4 is 10.6 Å². The number of nitrogens with zero attached hydrogens (tertiary/aromatic N) is 1. The van der Waals surface area contributed by atoms with Crippen molar-refractivity contribution in [3.63, 3.8) is 0 Å². The number of ether oxygens (including phenoxy) is 1. The molecule has 3 aliphatic rings. The Balaban J connectivity index is 2.02. The van der Waals surface area contributed by atoms with Crippen LogP contribution in [0.25, 0.3) is 0 Å². The number of amides is 3. The number of aliphatic hydroxyl groups is 1. The number of halogens is 1. The fourth-order valence-corrected chi connectivity index (χ4v) is 7.55. The van der Waals surface area contributed by atoms with Crippen molar-refractivity contribution in [3.8, 4) is 0 Å². The molecule has 8 nitrogen and oxygen atoms in total. The van der Waals surface area contributed by atoms with Gasteiger partial charge in [0, 0.05) is 16.9 Å². The number of hydrogen-bond acceptors (Lipinski definition) is 5. The largest absolute Gasteiger partial charge is 0.394 e. The Kier molecular flexibility index (Phi) is 7.81. The Morgan fingerprint density at radius 3 is 2.41 bits per heavy atom. The molecule has 3 heterocycles. The summed E-state index contributed by atoms with van der Waals surface area (Å²) < 4.78 is 6.49. The smallest absolute Gasteiger partial charge is 0.246 e. The van der Waals surface area contributed by atoms with E-state index < -0.39 is 41.2 Å². The highest BCUT2D eigenvalue weighted by Gasteiger charge is 2.77. The number of alkyl halides is 1. The van der Waals surface area contributed by atoms with Gasteiger partial charge in [-0.25, -0.2) is 0 Å². The summed E-state index contributed by atoms with van der Waals surface area (Å²) in [6, 6.07) is -1.43. The minimum Gasteiger partial charge on any atom is -0.394 e. The van der Waals surface area contributed by atoms with Gasteiger partial charge in [0.05, 0.1) is 30.6 Å². The molecule has 3 N–H and O–H groups in total. The lowest BCUT2D eigenvalue weighted by molar-refractivity contribution is -0.146. The predicted molar refractivity (Wildman–Crippen MR) is 133 cm³/mol. The number of fused-ring (bicyclic) bond motifs is 1. The van der Waals surface area contributed by atoms with Gasteiger partial charge in [0.2, 0.25) is 17.7 Å². The molecule has 2 bridgehead atoms. The van der Waals surface area contributed by atoms with E-state index in [0.717, 1.165) is 12.8 Å². The molecule has 0 saturated carbocycles. The number of aliphatic hydroxyl groups excluding tert-OH is 1. The molecule has 194 valence electrons. The Bertz CT molecular complexity index is 809. The van der Waals surface area contributed by atoms with Gasteiger partial charge in [-0.15, -0.1) is 0 Å². The molecular formula is C25H42BrN3O5. The number of likely N-dealkylation sites (tertiary alicyclic amines) is 1. The van der Waals surface area contributed by atoms with Crippen LogP contribution in [0.2, 0.25) is 0 Å². The molecule has 3 unspecified atom stereocenters. The molecule has 0 radical (unpaired) electrons. The molecule has 0 aromatic heterocycles. The van der Waals surface area contributed by atoms with Crippen LogP contribution in [-0.2, 0) is 19.1 Å². The van der Waals surface area contributed by atoms with Gasteiger partial charge in [-0.3, -0.25) is 14.4 Å². The molecular weight excluding hydrogens is 502 g/mol. The van der Waals surface area contributed by atoms with Gasteiger partial charge in [0.1, 0.15) is 11.6 Å². The normalized spacial score (nSPS) is 33.7. The third kappa shape index (κ3) is 4.76. The van der Waals surface area contributed by atoms with Crippen LogP contribution in [0.5, 0.6) is 0 Å². The monoisotopic (exact) mass is 543 g/mol. The Morgan fingerprint density at radius 2 is 1.88 bits per heavy atom. The van der Waals surface area contributed by atoms with Crippen LogP contribution in [0.3, 0.4) is 0 Å². The molecule has 3 rings (SSSR count). The zero-order valence-electron chi connectivity index (χ0n) is 21.6. The van der Waals surface area contributed by atoms with Crippen LogP contribution in [0, 0.1) is 17.3 Å². The fraction of sp³-hybridized carbons (Fsp3) is 0.880. The van der Waals surface area contributed by atoms with E-state index in [4.69, 9.17) is 4.74 Å². The maximum Gasteiger partial charge on any atom is 0.246 e. The van der Waals surface area contributed by atoms with E-state index in [1.54, 1.807) is 0 Å². The maximum atomic E-state index is 13.9. The standard InChI is InChI=1S/C25H42BrN3O5/c1-8-10-27-20(31)16-17-22(33)29(14(9-2)12-30)19(25(17)11-15(26)18(16)34-25)21(32)28-24(6,7)13-23(3,4)5/h14-19,30H,8-13H2,1-7H3,(H,27,31)(H,28,32)/t14-,15?,16+,17-,18+,19?,25?/m0/s1. The van der Waals surface area contributed by atoms with Crippen LogP contribution in [-0.4, -0.2) is 75.0 Å². The van der Waals surface area contributed by atoms with Gasteiger partial charge in [0.25, 0.3) is 0 Å². The van der Waals surface area contributed by atoms with Crippen molar-refractivity contribution >= 4 is 33.7 Å². The summed E-state index contributed by atoms with van der Waals surface area (Å²) in [4.78, 5) is 42.4. The average Bonchev–Trinajstić information content (AvgIpc) is 3.29. The molecule has 0 aliphatic carbocycles. The van der Waals surface area contributed by atoms with E-state index in [2.05, 4.69) is 47.3 Å². The summed E-state index contributed by atoms with van der Waals surface area (Å²) in [5.74, 6) is -2.18. The average molecular weight is 545 g/mol. The number of hydrogen-bond donors (Lipinski definition) is 3. The van der Waals surface area contributed by atoms with Crippen molar-refractivity contribution in [3.05, 3.63) is 0 Å². The van der Waals surface area contributed by atoms with Crippen LogP contribution in [0.15, 0.2) is 0 Å². The summed E-state index contributed by atoms with van der Waals surface area (Å²) in [6.45, 7) is 14.5. The van der Waals surface area contributed by atoms with E-state index in [1.165, 1.54) is 4.90 Å². The number of carbonyl (C=O) groups excluding carboxylic acids is 3. The molecule has 0 aromatic rings. The zero-order chi connectivity index (χ0) is 25.6. The molecule has 9 heteroatoms. The highest BCUT2D eigenvalue weighted by molar-refractivity contribution is 9.09. The second kappa shape index (κ2) is 9.69. The van der Waals surface area contributed by atoms with Crippen molar-refractivity contribution in [2.24, 2.45) is 17.3 Å². The number of carbonyl (C=O) groups is 3. The minimum atomic E-state index is -1.10. The first-order valence-corrected chi connectivity index (χ1v) is 13.5. The fourth-order valence-electron chi connectivity index (χ4n) is 6.61. The van der Waals surface area contributed by atoms with E-state index in [0.29, 0.717) is 19.4 Å². The number of rotatable bonds is 9. The summed E-state index contributed by atoms with van der Waals surface area (Å²) in [5.41, 5.74) is -1.62. The van der Waals surface area contributed by atoms with Gasteiger partial charge in [0.15, 0.2) is 0 Å². The van der Waals surface area contributed by atoms with Gasteiger partial charge >= 0.3 is 0 Å². The Labute approximate surface area is 212 Å². The second-order valence-corrected chi connectivity index (χ2v) is 13.2. The Hall–Kier alpha value is -1.19. The summed E-state index contributed by atoms with van der Waals surface area (Å²) in [7, 11) is 0. The van der Waals surface area contributed by atoms with Gasteiger partial charge in [-0.2, -0.15) is 0 Å². The first kappa shape index (κ1) is 27.4. The molecule has 0 aromatic carbocycles. The molecule has 3 aliphatic heterocycles. The van der Waals surface area contributed by atoms with Gasteiger partial charge in [-0.05, 0) is 44.9 Å². The van der Waals surface area contributed by atoms with Crippen molar-refractivity contribution in [1.29, 1.82) is 0 Å². The van der Waals surface area contributed by atoms with Gasteiger partial charge < -0.3 is 25.4 Å². The van der Waals surface area contributed by atoms with Crippen molar-refractivity contribution in [1.82, 2.24) is 15.5 Å². The third-order valence-electron chi connectivity index (χ3n) is 7.34. The lowest BCUT2D eigenvalue weighted by atomic mass is 9.70. The van der Waals surface area contributed by atoms with Crippen LogP contribution in [0.1, 0.15) is 74.1 Å². The molecule has 3 saturated heterocycles. The summed E-state index contributed by atoms with van der Waals surface area (Å²) in [6.07, 6.45) is 2.01. The Morgan fingerprint density at radius 1 is 1.24 bits per heavy atom. The SMILES string of the molecule is CCCNC(=O)[C@H]1[C@@H]2OC3(CC2Br)C(C(=O)NC(C)(C)CC(C)(C)C)N([C@@H](CC)CO)C(=O)[C@H]13. The summed E-state index contributed by atoms with van der Waals surface area (Å²) in [5, 5.41) is 16.2. The van der Waals surface area contributed by atoms with E-state index >= 15 is 0 Å². The van der Waals surface area contributed by atoms with E-state index in [9.17, 15) is 19.5 Å². The highest BCUT2D eigenvalue weighted by atomic mass is 79.9. The highest BCUT2D eigenvalue weighted by Crippen LogP contribution is 2.60. The first-order chi connectivity index (χ1) is 15.7. The summed E-state index contributed by atoms with van der Waals surface area (Å²) >= 11 is 3.68. The lowest BCUT2D eigenvalue weighted by Gasteiger charge is -2.40. The third-order valence-corrected chi connectivity index (χ3v) is 8.18. The van der Waals surface area contributed by atoms with Crippen molar-refractivity contribution < 1.29 is 24.2 Å². The molecule has 34 heavy (non-hydrogen) atoms. The number of nitrogens with one attached hydrogen (secondary N) is 2. The molecule has 3 fully saturated rings. The van der Waals surface area contributed by atoms with E-state index in [-0.39, 0.29) is 34.6 Å². The van der Waals surface area contributed by atoms with Gasteiger partial charge in [-0.1, -0.05) is 50.5 Å². The first-order valence-electron chi connectivity index (χ1n) is 12.6. The van der Waals surface area contributed by atoms with Crippen molar-refractivity contribution in [2.45, 2.75) is 108 Å². The molecule has 3 amide bonds. The minimum absolute atomic E-state index is 0.00837. The van der Waals surface area contributed by atoms with E-state index in [1.807, 2.05) is 27.7 Å². The molecule has 1 spiro atoms. The second-order valence-electron chi connectivity index (χ2n) is 12.1. The predicted octanol–water partition coefficient (Wildman–Crippen LogP) is 2.36. The van der Waals surface area contributed by atoms with Crippen LogP contribution >= 0.6 is 15.9 Å². The van der Waals surface area contributed by atoms with Crippen molar-refractivity contribution in [2.75, 3.05) is 13.2 Å². The quantitative estimate of drug-likeness (QED) is 0.387. The zero-order valence-corrected chi connectivity index (χ0v) is 23.2.